The van der Waals surface area contributed by atoms with Crippen LogP contribution in [0, 0.1) is 41.5 Å². The molecule has 58 heavy (non-hydrogen) atoms. The van der Waals surface area contributed by atoms with E-state index in [9.17, 15) is 9.90 Å². The molecule has 0 fully saturated rings. The lowest BCUT2D eigenvalue weighted by molar-refractivity contribution is 0.0686. The lowest BCUT2D eigenvalue weighted by Gasteiger charge is -2.35. The largest absolute Gasteiger partial charge is 0.494 e. The first-order chi connectivity index (χ1) is 27.6. The van der Waals surface area contributed by atoms with Gasteiger partial charge in [-0.1, -0.05) is 35.3 Å². The number of hydrogen-bond donors (Lipinski definition) is 1. The predicted molar refractivity (Wildman–Crippen MR) is 231 cm³/mol. The lowest BCUT2D eigenvalue weighted by Crippen LogP contribution is -2.43. The van der Waals surface area contributed by atoms with Gasteiger partial charge in [0.2, 0.25) is 0 Å². The van der Waals surface area contributed by atoms with Crippen molar-refractivity contribution in [2.24, 2.45) is 7.05 Å². The van der Waals surface area contributed by atoms with Crippen LogP contribution in [0.1, 0.15) is 85.4 Å². The molecule has 0 aliphatic carbocycles. The molecular weight excluding hydrogens is 771 g/mol. The smallest absolute Gasteiger partial charge is 0.352 e. The molecule has 1 amide bonds. The molecule has 3 aromatic carbocycles. The quantitative estimate of drug-likeness (QED) is 0.138. The van der Waals surface area contributed by atoms with Gasteiger partial charge >= 0.3 is 5.97 Å². The van der Waals surface area contributed by atoms with Gasteiger partial charge in [0, 0.05) is 57.9 Å². The minimum atomic E-state index is -1.05. The predicted octanol–water partition coefficient (Wildman–Crippen LogP) is 10.5. The third kappa shape index (κ3) is 6.62. The van der Waals surface area contributed by atoms with Crippen molar-refractivity contribution in [3.8, 4) is 16.9 Å². The summed E-state index contributed by atoms with van der Waals surface area (Å²) >= 11 is 13.6. The normalized spacial score (nSPS) is 14.2. The summed E-state index contributed by atoms with van der Waals surface area (Å²) in [5, 5.41) is 18.2. The summed E-state index contributed by atoms with van der Waals surface area (Å²) in [5.41, 5.74) is 11.9. The fourth-order valence-corrected chi connectivity index (χ4v) is 9.23. The highest BCUT2D eigenvalue weighted by Gasteiger charge is 2.38. The Kier molecular flexibility index (Phi) is 10.1. The summed E-state index contributed by atoms with van der Waals surface area (Å²) in [6, 6.07) is 19.0. The molecule has 5 heterocycles. The van der Waals surface area contributed by atoms with Gasteiger partial charge in [0.1, 0.15) is 17.1 Å². The van der Waals surface area contributed by atoms with Gasteiger partial charge in [0.25, 0.3) is 5.91 Å². The molecular formula is C46H46Cl2N6O4. The Labute approximate surface area is 347 Å². The minimum absolute atomic E-state index is 0.130. The number of carbonyl (C=O) groups is 2. The Bertz CT molecular complexity index is 2810. The van der Waals surface area contributed by atoms with Crippen molar-refractivity contribution >= 4 is 62.6 Å². The number of nitrogens with zero attached hydrogens (tertiary/aromatic N) is 6. The molecule has 1 atom stereocenters. The molecule has 7 aromatic rings. The molecule has 0 saturated heterocycles. The van der Waals surface area contributed by atoms with Crippen molar-refractivity contribution in [2.45, 2.75) is 73.9 Å². The number of aromatic nitrogens is 5. The third-order valence-corrected chi connectivity index (χ3v) is 12.4. The second-order valence-corrected chi connectivity index (χ2v) is 16.5. The molecule has 298 valence electrons. The van der Waals surface area contributed by atoms with Crippen molar-refractivity contribution in [3.05, 3.63) is 127 Å². The number of fused-ring (bicyclic) bond motifs is 4. The van der Waals surface area contributed by atoms with Crippen LogP contribution in [0.25, 0.3) is 32.9 Å². The lowest BCUT2D eigenvalue weighted by atomic mass is 9.98. The average molecular weight is 818 g/mol. The highest BCUT2D eigenvalue weighted by Crippen LogP contribution is 2.46. The van der Waals surface area contributed by atoms with Gasteiger partial charge in [-0.2, -0.15) is 5.10 Å². The highest BCUT2D eigenvalue weighted by molar-refractivity contribution is 6.35. The molecule has 10 nitrogen and oxygen atoms in total. The summed E-state index contributed by atoms with van der Waals surface area (Å²) in [7, 11) is 1.93. The van der Waals surface area contributed by atoms with Gasteiger partial charge < -0.3 is 23.9 Å². The summed E-state index contributed by atoms with van der Waals surface area (Å²) in [6.07, 6.45) is 1.20. The van der Waals surface area contributed by atoms with Crippen molar-refractivity contribution in [2.75, 3.05) is 18.1 Å². The zero-order chi connectivity index (χ0) is 41.3. The maximum absolute atomic E-state index is 15.5. The molecule has 4 aromatic heterocycles. The number of carbonyl (C=O) groups excluding carboxylic acids is 1. The van der Waals surface area contributed by atoms with Gasteiger partial charge in [0.05, 0.1) is 46.3 Å². The topological polar surface area (TPSA) is 107 Å². The molecule has 8 rings (SSSR count). The Hall–Kier alpha value is -5.58. The van der Waals surface area contributed by atoms with Gasteiger partial charge in [-0.3, -0.25) is 14.5 Å². The molecule has 0 unspecified atom stereocenters. The Morgan fingerprint density at radius 1 is 0.948 bits per heavy atom. The van der Waals surface area contributed by atoms with Crippen molar-refractivity contribution < 1.29 is 19.4 Å². The first-order valence-corrected chi connectivity index (χ1v) is 20.3. The standard InChI is InChI=1S/C46H46Cl2N6O4/c1-24-17-31-21-38(46(56)57)52(23-32-12-9-11-27(4)49-32)42(31)37(18-24)53-22-28(5)54-43-35(14-15-36(47)40(43)39-29(6)50-51(8)30(39)7)34(44(54)45(53)55)13-10-16-58-33-19-25(2)41(48)26(3)20-33/h9,11-12,14-15,17-21,28H,10,13,16,22-23H2,1-8H3,(H,56,57)/t28-/m1/s1. The highest BCUT2D eigenvalue weighted by atomic mass is 35.5. The van der Waals surface area contributed by atoms with Crippen molar-refractivity contribution in [1.29, 1.82) is 0 Å². The number of carboxylic acids is 1. The van der Waals surface area contributed by atoms with Gasteiger partial charge in [0.15, 0.2) is 0 Å². The zero-order valence-electron chi connectivity index (χ0n) is 34.0. The number of ether oxygens (including phenoxy) is 1. The summed E-state index contributed by atoms with van der Waals surface area (Å²) in [5.74, 6) is -0.463. The van der Waals surface area contributed by atoms with Crippen LogP contribution in [0.4, 0.5) is 5.69 Å². The van der Waals surface area contributed by atoms with Gasteiger partial charge in [-0.25, -0.2) is 4.79 Å². The first-order valence-electron chi connectivity index (χ1n) is 19.5. The number of halogens is 2. The van der Waals surface area contributed by atoms with Crippen LogP contribution in [0.5, 0.6) is 5.75 Å². The molecule has 12 heteroatoms. The molecule has 1 aliphatic heterocycles. The first kappa shape index (κ1) is 39.3. The van der Waals surface area contributed by atoms with Crippen LogP contribution < -0.4 is 9.64 Å². The monoisotopic (exact) mass is 816 g/mol. The molecule has 0 bridgehead atoms. The molecule has 0 radical (unpaired) electrons. The molecule has 0 spiro atoms. The van der Waals surface area contributed by atoms with Crippen LogP contribution in [-0.2, 0) is 20.0 Å². The van der Waals surface area contributed by atoms with Crippen LogP contribution in [0.15, 0.2) is 60.7 Å². The molecule has 1 aliphatic rings. The number of hydrogen-bond acceptors (Lipinski definition) is 5. The van der Waals surface area contributed by atoms with Crippen LogP contribution in [0.3, 0.4) is 0 Å². The van der Waals surface area contributed by atoms with Crippen LogP contribution in [0.2, 0.25) is 10.0 Å². The van der Waals surface area contributed by atoms with E-state index in [4.69, 9.17) is 38.0 Å². The van der Waals surface area contributed by atoms with E-state index >= 15 is 4.79 Å². The van der Waals surface area contributed by atoms with E-state index in [-0.39, 0.29) is 24.2 Å². The van der Waals surface area contributed by atoms with Crippen LogP contribution in [-0.4, -0.2) is 54.0 Å². The average Bonchev–Trinajstić information content (AvgIpc) is 3.78. The molecule has 1 N–H and O–H groups in total. The van der Waals surface area contributed by atoms with E-state index in [0.29, 0.717) is 47.9 Å². The van der Waals surface area contributed by atoms with E-state index in [2.05, 4.69) is 11.5 Å². The fraction of sp³-hybridized carbons (Fsp3) is 0.304. The second-order valence-electron chi connectivity index (χ2n) is 15.7. The van der Waals surface area contributed by atoms with E-state index in [1.165, 1.54) is 0 Å². The van der Waals surface area contributed by atoms with E-state index in [1.54, 1.807) is 10.6 Å². The second kappa shape index (κ2) is 15.0. The number of aryl methyl sites for hydroxylation is 7. The van der Waals surface area contributed by atoms with E-state index in [0.717, 1.165) is 83.2 Å². The van der Waals surface area contributed by atoms with E-state index < -0.39 is 5.97 Å². The van der Waals surface area contributed by atoms with Crippen molar-refractivity contribution in [1.82, 2.24) is 23.9 Å². The number of amides is 1. The van der Waals surface area contributed by atoms with E-state index in [1.807, 2.05) is 113 Å². The van der Waals surface area contributed by atoms with Gasteiger partial charge in [-0.05, 0) is 132 Å². The minimum Gasteiger partial charge on any atom is -0.494 e. The fourth-order valence-electron chi connectivity index (χ4n) is 8.87. The third-order valence-electron chi connectivity index (χ3n) is 11.5. The number of carboxylic acid groups (broad SMARTS) is 1. The maximum atomic E-state index is 15.5. The van der Waals surface area contributed by atoms with Crippen molar-refractivity contribution in [3.63, 3.8) is 0 Å². The SMILES string of the molecule is Cc1cc(N2C[C@@H](C)n3c(c(CCCOc4cc(C)c(Cl)c(C)c4)c4ccc(Cl)c(-c5c(C)nn(C)c5C)c43)C2=O)c2c(c1)cc(C(=O)O)n2Cc1cccc(C)n1. The van der Waals surface area contributed by atoms with Crippen LogP contribution >= 0.6 is 23.2 Å². The number of aromatic carboxylic acids is 1. The maximum Gasteiger partial charge on any atom is 0.352 e. The number of rotatable bonds is 10. The summed E-state index contributed by atoms with van der Waals surface area (Å²) < 4.78 is 12.1. The molecule has 0 saturated carbocycles. The summed E-state index contributed by atoms with van der Waals surface area (Å²) in [6.45, 7) is 15.0. The Morgan fingerprint density at radius 2 is 1.69 bits per heavy atom. The number of anilines is 1. The number of pyridine rings is 1. The summed E-state index contributed by atoms with van der Waals surface area (Å²) in [4.78, 5) is 34.8. The van der Waals surface area contributed by atoms with Gasteiger partial charge in [-0.15, -0.1) is 0 Å². The zero-order valence-corrected chi connectivity index (χ0v) is 35.5. The number of benzene rings is 3. The Morgan fingerprint density at radius 3 is 2.36 bits per heavy atom. The Balaban J connectivity index is 1.30.